The Morgan fingerprint density at radius 3 is 1.38 bits per heavy atom. The Morgan fingerprint density at radius 2 is 0.848 bits per heavy atom. The number of benzene rings is 12. The number of fused-ring (bicyclic) bond motifs is 7. The smallest absolute Gasteiger partial charge is 0.251 e. The normalized spacial score (nSPS) is 12.2. The molecule has 0 spiro atoms. The molecule has 430 valence electrons. The lowest BCUT2D eigenvalue weighted by atomic mass is 9.33. The van der Waals surface area contributed by atoms with Crippen LogP contribution in [-0.2, 0) is 5.41 Å². The lowest BCUT2D eigenvalue weighted by molar-refractivity contribution is 0.591. The number of rotatable bonds is 9. The SMILES string of the molecule is [C-]#[N+]c1ccc2c(c1)N(c1ccc(-c3ccccc3)cc1)c1cc(-c3ccc4c(c3)c3cc(C(C)(C)C)ccc3n4-c3ccc(C#N)cc3-c3nc(-c4ccccc4)nc(-c4ccccc4)n3)cc3c1B2c1ccc(C#N)cc1N3c1ccc(-c2ccccc2)cc1. The van der Waals surface area contributed by atoms with Gasteiger partial charge in [-0.05, 0) is 158 Å². The van der Waals surface area contributed by atoms with E-state index in [0.29, 0.717) is 39.9 Å². The molecular formula is C82H54BN9. The van der Waals surface area contributed by atoms with Crippen molar-refractivity contribution in [1.82, 2.24) is 19.5 Å². The maximum absolute atomic E-state index is 10.7. The van der Waals surface area contributed by atoms with Gasteiger partial charge in [-0.2, -0.15) is 10.5 Å². The molecule has 14 aromatic rings. The highest BCUT2D eigenvalue weighted by atomic mass is 15.2. The Kier molecular flexibility index (Phi) is 13.1. The van der Waals surface area contributed by atoms with E-state index in [-0.39, 0.29) is 12.1 Å². The van der Waals surface area contributed by atoms with E-state index in [9.17, 15) is 10.5 Å². The van der Waals surface area contributed by atoms with Gasteiger partial charge in [0.05, 0.1) is 46.6 Å². The predicted octanol–water partition coefficient (Wildman–Crippen LogP) is 18.6. The van der Waals surface area contributed by atoms with E-state index in [1.807, 2.05) is 115 Å². The molecule has 0 amide bonds. The second-order valence-electron chi connectivity index (χ2n) is 24.5. The van der Waals surface area contributed by atoms with E-state index in [0.717, 1.165) is 123 Å². The summed E-state index contributed by atoms with van der Waals surface area (Å²) in [5.41, 5.74) is 23.0. The minimum absolute atomic E-state index is 0.180. The van der Waals surface area contributed by atoms with Crippen LogP contribution in [0.1, 0.15) is 37.5 Å². The van der Waals surface area contributed by atoms with Gasteiger partial charge in [-0.1, -0.05) is 197 Å². The van der Waals surface area contributed by atoms with Crippen LogP contribution < -0.4 is 26.2 Å². The van der Waals surface area contributed by atoms with Crippen molar-refractivity contribution >= 4 is 84.7 Å². The Hall–Kier alpha value is -12.4. The van der Waals surface area contributed by atoms with E-state index >= 15 is 0 Å². The average Bonchev–Trinajstić information content (AvgIpc) is 0.789. The molecule has 2 aliphatic rings. The van der Waals surface area contributed by atoms with Gasteiger partial charge in [0.1, 0.15) is 0 Å². The van der Waals surface area contributed by atoms with Gasteiger partial charge in [0.25, 0.3) is 6.71 Å². The minimum atomic E-state index is -0.263. The standard InChI is InChI=1S/C82H54BN9/c1-82(2,3)62-32-42-72-67(48-62)66-45-60(31-41-71(66)92(72)73-40-26-52(50-84)43-68(73)81-88-79(58-21-13-7-14-22-58)87-80(89-81)59-23-15-8-16-24-59)61-46-76-78-77(47-61)91(65-36-29-57(30-37-65)55-19-11-6-12-20-55)75-49-63(86-4)33-39-70(75)83(78)69-38-25-53(51-85)44-74(69)90(76)64-34-27-56(28-35-64)54-17-9-5-10-18-54/h5-49H,1-3H3. The van der Waals surface area contributed by atoms with Gasteiger partial charge in [-0.25, -0.2) is 19.8 Å². The number of hydrogen-bond donors (Lipinski definition) is 0. The van der Waals surface area contributed by atoms with Crippen molar-refractivity contribution in [2.75, 3.05) is 9.80 Å². The van der Waals surface area contributed by atoms with Crippen molar-refractivity contribution in [3.05, 3.63) is 301 Å². The third-order valence-corrected chi connectivity index (χ3v) is 18.0. The van der Waals surface area contributed by atoms with Crippen LogP contribution in [0.2, 0.25) is 0 Å². The molecule has 0 saturated heterocycles. The number of nitrogens with zero attached hydrogens (tertiary/aromatic N) is 9. The molecular weight excluding hydrogens is 1120 g/mol. The van der Waals surface area contributed by atoms with Crippen molar-refractivity contribution in [3.63, 3.8) is 0 Å². The minimum Gasteiger partial charge on any atom is -0.313 e. The van der Waals surface area contributed by atoms with Crippen LogP contribution in [-0.4, -0.2) is 26.2 Å². The molecule has 2 aliphatic heterocycles. The van der Waals surface area contributed by atoms with Gasteiger partial charge in [-0.15, -0.1) is 0 Å². The molecule has 0 unspecified atom stereocenters. The van der Waals surface area contributed by atoms with Crippen LogP contribution in [0.4, 0.5) is 39.8 Å². The van der Waals surface area contributed by atoms with Gasteiger partial charge in [-0.3, -0.25) is 0 Å². The molecule has 0 bridgehead atoms. The molecule has 10 heteroatoms. The molecule has 92 heavy (non-hydrogen) atoms. The molecule has 0 N–H and O–H groups in total. The maximum Gasteiger partial charge on any atom is 0.251 e. The summed E-state index contributed by atoms with van der Waals surface area (Å²) in [5, 5.41) is 23.4. The van der Waals surface area contributed by atoms with E-state index in [2.05, 4.69) is 210 Å². The van der Waals surface area contributed by atoms with Gasteiger partial charge < -0.3 is 14.4 Å². The Balaban J connectivity index is 0.956. The first-order valence-electron chi connectivity index (χ1n) is 30.7. The largest absolute Gasteiger partial charge is 0.313 e. The first kappa shape index (κ1) is 54.9. The first-order valence-corrected chi connectivity index (χ1v) is 30.7. The van der Waals surface area contributed by atoms with Crippen molar-refractivity contribution in [2.45, 2.75) is 26.2 Å². The average molecular weight is 1180 g/mol. The second-order valence-corrected chi connectivity index (χ2v) is 24.5. The molecule has 0 atom stereocenters. The van der Waals surface area contributed by atoms with E-state index in [1.165, 1.54) is 5.56 Å². The topological polar surface area (TPSA) is 102 Å². The summed E-state index contributed by atoms with van der Waals surface area (Å²) in [4.78, 5) is 24.2. The van der Waals surface area contributed by atoms with Crippen molar-refractivity contribution in [2.24, 2.45) is 0 Å². The van der Waals surface area contributed by atoms with Crippen LogP contribution in [0.5, 0.6) is 0 Å². The summed E-state index contributed by atoms with van der Waals surface area (Å²) < 4.78 is 2.30. The number of nitriles is 2. The quantitative estimate of drug-likeness (QED) is 0.105. The number of hydrogen-bond acceptors (Lipinski definition) is 7. The maximum atomic E-state index is 10.7. The van der Waals surface area contributed by atoms with Crippen molar-refractivity contribution in [1.29, 1.82) is 10.5 Å². The summed E-state index contributed by atoms with van der Waals surface area (Å²) in [6.07, 6.45) is 0. The predicted molar refractivity (Wildman–Crippen MR) is 375 cm³/mol. The highest BCUT2D eigenvalue weighted by molar-refractivity contribution is 7.00. The number of aromatic nitrogens is 4. The molecule has 16 rings (SSSR count). The van der Waals surface area contributed by atoms with Gasteiger partial charge >= 0.3 is 0 Å². The monoisotopic (exact) mass is 1180 g/mol. The summed E-state index contributed by atoms with van der Waals surface area (Å²) in [6.45, 7) is 14.8. The Morgan fingerprint density at radius 1 is 0.391 bits per heavy atom. The molecule has 0 aliphatic carbocycles. The molecule has 0 saturated carbocycles. The lowest BCUT2D eigenvalue weighted by Gasteiger charge is -2.44. The van der Waals surface area contributed by atoms with E-state index < -0.39 is 0 Å². The summed E-state index contributed by atoms with van der Waals surface area (Å²) in [6, 6.07) is 99.4. The summed E-state index contributed by atoms with van der Waals surface area (Å²) in [5.74, 6) is 1.49. The molecule has 12 aromatic carbocycles. The Bertz CT molecular complexity index is 5180. The summed E-state index contributed by atoms with van der Waals surface area (Å²) >= 11 is 0. The second kappa shape index (κ2) is 22.0. The van der Waals surface area contributed by atoms with E-state index in [4.69, 9.17) is 21.5 Å². The molecule has 2 aromatic heterocycles. The highest BCUT2D eigenvalue weighted by Crippen LogP contribution is 2.49. The van der Waals surface area contributed by atoms with Crippen LogP contribution in [0.15, 0.2) is 273 Å². The zero-order valence-electron chi connectivity index (χ0n) is 50.6. The van der Waals surface area contributed by atoms with E-state index in [1.54, 1.807) is 0 Å². The number of anilines is 6. The zero-order chi connectivity index (χ0) is 62.2. The van der Waals surface area contributed by atoms with Gasteiger partial charge in [0.15, 0.2) is 23.2 Å². The third-order valence-electron chi connectivity index (χ3n) is 18.0. The third kappa shape index (κ3) is 9.35. The molecule has 0 fully saturated rings. The van der Waals surface area contributed by atoms with Gasteiger partial charge in [0.2, 0.25) is 0 Å². The van der Waals surface area contributed by atoms with Crippen LogP contribution in [0.25, 0.3) is 99.9 Å². The Labute approximate surface area is 534 Å². The first-order chi connectivity index (χ1) is 45.1. The van der Waals surface area contributed by atoms with Crippen molar-refractivity contribution in [3.8, 4) is 85.4 Å². The zero-order valence-corrected chi connectivity index (χ0v) is 50.6. The molecule has 4 heterocycles. The fraction of sp³-hybridized carbons (Fsp3) is 0.0488. The van der Waals surface area contributed by atoms with Crippen LogP contribution in [0.3, 0.4) is 0 Å². The fourth-order valence-corrected chi connectivity index (χ4v) is 13.5. The van der Waals surface area contributed by atoms with Gasteiger partial charge in [0, 0.05) is 61.6 Å². The summed E-state index contributed by atoms with van der Waals surface area (Å²) in [7, 11) is 0. The van der Waals surface area contributed by atoms with Crippen LogP contribution >= 0.6 is 0 Å². The van der Waals surface area contributed by atoms with Crippen LogP contribution in [0, 0.1) is 29.2 Å². The molecule has 9 nitrogen and oxygen atoms in total. The fourth-order valence-electron chi connectivity index (χ4n) is 13.5. The molecule has 0 radical (unpaired) electrons. The lowest BCUT2D eigenvalue weighted by Crippen LogP contribution is -2.61. The highest BCUT2D eigenvalue weighted by Gasteiger charge is 2.44. The van der Waals surface area contributed by atoms with Crippen molar-refractivity contribution < 1.29 is 0 Å².